The Bertz CT molecular complexity index is 641. The highest BCUT2D eigenvalue weighted by molar-refractivity contribution is 5.81. The molecule has 0 aliphatic rings. The zero-order valence-corrected chi connectivity index (χ0v) is 10.8. The minimum Gasteiger partial charge on any atom is -0.497 e. The molecule has 6 nitrogen and oxygen atoms in total. The monoisotopic (exact) mass is 271 g/mol. The number of nitrogens with one attached hydrogen (secondary N) is 1. The van der Waals surface area contributed by atoms with E-state index in [0.29, 0.717) is 5.69 Å². The van der Waals surface area contributed by atoms with E-state index in [9.17, 15) is 10.1 Å². The zero-order chi connectivity index (χ0) is 14.4. The Labute approximate surface area is 115 Å². The first-order chi connectivity index (χ1) is 9.70. The molecule has 102 valence electrons. The molecule has 0 amide bonds. The van der Waals surface area contributed by atoms with Gasteiger partial charge in [-0.3, -0.25) is 15.5 Å². The molecule has 2 aromatic carbocycles. The van der Waals surface area contributed by atoms with Gasteiger partial charge < -0.3 is 4.74 Å². The highest BCUT2D eigenvalue weighted by atomic mass is 16.6. The SMILES string of the molecule is COc1cccc(C=NNc2ccccc2[N+](=O)[O-])c1. The molecule has 20 heavy (non-hydrogen) atoms. The Balaban J connectivity index is 2.12. The second kappa shape index (κ2) is 6.33. The number of anilines is 1. The Morgan fingerprint density at radius 1 is 1.25 bits per heavy atom. The summed E-state index contributed by atoms with van der Waals surface area (Å²) < 4.78 is 5.10. The molecule has 2 aromatic rings. The maximum Gasteiger partial charge on any atom is 0.294 e. The first kappa shape index (κ1) is 13.5. The number of benzene rings is 2. The summed E-state index contributed by atoms with van der Waals surface area (Å²) in [6, 6.07) is 13.7. The van der Waals surface area contributed by atoms with Gasteiger partial charge in [0.1, 0.15) is 11.4 Å². The van der Waals surface area contributed by atoms with Crippen LogP contribution in [0.25, 0.3) is 0 Å². The summed E-state index contributed by atoms with van der Waals surface area (Å²) in [5.41, 5.74) is 3.82. The molecule has 0 radical (unpaired) electrons. The van der Waals surface area contributed by atoms with Crippen molar-refractivity contribution in [3.63, 3.8) is 0 Å². The summed E-state index contributed by atoms with van der Waals surface area (Å²) in [6.07, 6.45) is 1.57. The van der Waals surface area contributed by atoms with E-state index in [1.807, 2.05) is 24.3 Å². The van der Waals surface area contributed by atoms with Crippen molar-refractivity contribution in [1.82, 2.24) is 0 Å². The van der Waals surface area contributed by atoms with E-state index in [1.165, 1.54) is 6.07 Å². The lowest BCUT2D eigenvalue weighted by Gasteiger charge is -2.02. The van der Waals surface area contributed by atoms with Gasteiger partial charge in [-0.25, -0.2) is 0 Å². The highest BCUT2D eigenvalue weighted by Crippen LogP contribution is 2.22. The van der Waals surface area contributed by atoms with Gasteiger partial charge in [-0.05, 0) is 23.8 Å². The van der Waals surface area contributed by atoms with Crippen LogP contribution in [0.1, 0.15) is 5.56 Å². The predicted octanol–water partition coefficient (Wildman–Crippen LogP) is 3.05. The van der Waals surface area contributed by atoms with Gasteiger partial charge in [-0.2, -0.15) is 5.10 Å². The first-order valence-electron chi connectivity index (χ1n) is 5.87. The number of methoxy groups -OCH3 is 1. The maximum atomic E-state index is 10.8. The van der Waals surface area contributed by atoms with Gasteiger partial charge in [-0.1, -0.05) is 24.3 Å². The number of hydrogen-bond acceptors (Lipinski definition) is 5. The van der Waals surface area contributed by atoms with E-state index >= 15 is 0 Å². The van der Waals surface area contributed by atoms with Gasteiger partial charge in [0.2, 0.25) is 0 Å². The van der Waals surface area contributed by atoms with Gasteiger partial charge in [-0.15, -0.1) is 0 Å². The fraction of sp³-hybridized carbons (Fsp3) is 0.0714. The second-order valence-corrected chi connectivity index (χ2v) is 3.92. The van der Waals surface area contributed by atoms with Crippen molar-refractivity contribution in [2.45, 2.75) is 0 Å². The van der Waals surface area contributed by atoms with Crippen molar-refractivity contribution < 1.29 is 9.66 Å². The fourth-order valence-corrected chi connectivity index (χ4v) is 1.63. The molecular weight excluding hydrogens is 258 g/mol. The number of rotatable bonds is 5. The number of nitro groups is 1. The van der Waals surface area contributed by atoms with Crippen LogP contribution in [-0.2, 0) is 0 Å². The normalized spacial score (nSPS) is 10.4. The van der Waals surface area contributed by atoms with Crippen LogP contribution in [0.5, 0.6) is 5.75 Å². The topological polar surface area (TPSA) is 76.8 Å². The quantitative estimate of drug-likeness (QED) is 0.515. The van der Waals surface area contributed by atoms with E-state index in [1.54, 1.807) is 31.5 Å². The number of ether oxygens (including phenoxy) is 1. The summed E-state index contributed by atoms with van der Waals surface area (Å²) in [5.74, 6) is 0.722. The number of para-hydroxylation sites is 2. The molecule has 2 rings (SSSR count). The van der Waals surface area contributed by atoms with Gasteiger partial charge in [0.25, 0.3) is 5.69 Å². The first-order valence-corrected chi connectivity index (χ1v) is 5.87. The second-order valence-electron chi connectivity index (χ2n) is 3.92. The van der Waals surface area contributed by atoms with Gasteiger partial charge in [0.05, 0.1) is 18.2 Å². The molecule has 0 saturated carbocycles. The van der Waals surface area contributed by atoms with E-state index in [2.05, 4.69) is 10.5 Å². The smallest absolute Gasteiger partial charge is 0.294 e. The van der Waals surface area contributed by atoms with Crippen molar-refractivity contribution in [3.8, 4) is 5.75 Å². The fourth-order valence-electron chi connectivity index (χ4n) is 1.63. The van der Waals surface area contributed by atoms with Crippen molar-refractivity contribution in [2.24, 2.45) is 5.10 Å². The van der Waals surface area contributed by atoms with E-state index in [-0.39, 0.29) is 5.69 Å². The Morgan fingerprint density at radius 3 is 2.80 bits per heavy atom. The molecule has 0 fully saturated rings. The van der Waals surface area contributed by atoms with Crippen LogP contribution < -0.4 is 10.2 Å². The lowest BCUT2D eigenvalue weighted by atomic mass is 10.2. The summed E-state index contributed by atoms with van der Waals surface area (Å²) in [5, 5.41) is 14.8. The molecule has 1 N–H and O–H groups in total. The van der Waals surface area contributed by atoms with Gasteiger partial charge >= 0.3 is 0 Å². The highest BCUT2D eigenvalue weighted by Gasteiger charge is 2.10. The molecule has 0 unspecified atom stereocenters. The minimum absolute atomic E-state index is 0.0182. The molecule has 0 saturated heterocycles. The van der Waals surface area contributed by atoms with Crippen LogP contribution in [0.2, 0.25) is 0 Å². The molecule has 0 bridgehead atoms. The average molecular weight is 271 g/mol. The molecule has 0 heterocycles. The summed E-state index contributed by atoms with van der Waals surface area (Å²) >= 11 is 0. The van der Waals surface area contributed by atoms with E-state index in [0.717, 1.165) is 11.3 Å². The number of nitro benzene ring substituents is 1. The van der Waals surface area contributed by atoms with Crippen LogP contribution in [0, 0.1) is 10.1 Å². The van der Waals surface area contributed by atoms with Crippen molar-refractivity contribution in [1.29, 1.82) is 0 Å². The third-order valence-electron chi connectivity index (χ3n) is 2.59. The molecule has 0 aromatic heterocycles. The van der Waals surface area contributed by atoms with Crippen LogP contribution in [0.3, 0.4) is 0 Å². The lowest BCUT2D eigenvalue weighted by Crippen LogP contribution is -1.96. The molecular formula is C14H13N3O3. The number of nitrogens with zero attached hydrogens (tertiary/aromatic N) is 2. The molecule has 6 heteroatoms. The van der Waals surface area contributed by atoms with Crippen LogP contribution in [0.15, 0.2) is 53.6 Å². The van der Waals surface area contributed by atoms with E-state index < -0.39 is 4.92 Å². The molecule has 0 aliphatic heterocycles. The Morgan fingerprint density at radius 2 is 2.05 bits per heavy atom. The summed E-state index contributed by atoms with van der Waals surface area (Å²) in [4.78, 5) is 10.4. The summed E-state index contributed by atoms with van der Waals surface area (Å²) in [6.45, 7) is 0. The van der Waals surface area contributed by atoms with Crippen LogP contribution in [0.4, 0.5) is 11.4 Å². The maximum absolute atomic E-state index is 10.8. The van der Waals surface area contributed by atoms with Crippen LogP contribution >= 0.6 is 0 Å². The molecule has 0 atom stereocenters. The zero-order valence-electron chi connectivity index (χ0n) is 10.8. The van der Waals surface area contributed by atoms with Gasteiger partial charge in [0.15, 0.2) is 0 Å². The Hall–Kier alpha value is -2.89. The Kier molecular flexibility index (Phi) is 4.28. The summed E-state index contributed by atoms with van der Waals surface area (Å²) in [7, 11) is 1.59. The van der Waals surface area contributed by atoms with Crippen molar-refractivity contribution >= 4 is 17.6 Å². The molecule has 0 aliphatic carbocycles. The third kappa shape index (κ3) is 3.32. The average Bonchev–Trinajstić information content (AvgIpc) is 2.48. The molecule has 0 spiro atoms. The predicted molar refractivity (Wildman–Crippen MR) is 77.3 cm³/mol. The number of hydrazone groups is 1. The minimum atomic E-state index is -0.455. The third-order valence-corrected chi connectivity index (χ3v) is 2.59. The van der Waals surface area contributed by atoms with Crippen molar-refractivity contribution in [3.05, 3.63) is 64.2 Å². The largest absolute Gasteiger partial charge is 0.497 e. The lowest BCUT2D eigenvalue weighted by molar-refractivity contribution is -0.384. The number of hydrogen-bond donors (Lipinski definition) is 1. The standard InChI is InChI=1S/C14H13N3O3/c1-20-12-6-4-5-11(9-12)10-15-16-13-7-2-3-8-14(13)17(18)19/h2-10,16H,1H3. The van der Waals surface area contributed by atoms with Crippen molar-refractivity contribution in [2.75, 3.05) is 12.5 Å². The van der Waals surface area contributed by atoms with Crippen LogP contribution in [-0.4, -0.2) is 18.2 Å². The van der Waals surface area contributed by atoms with Gasteiger partial charge in [0, 0.05) is 6.07 Å². The van der Waals surface area contributed by atoms with E-state index in [4.69, 9.17) is 4.74 Å².